The van der Waals surface area contributed by atoms with Crippen LogP contribution in [0.15, 0.2) is 148 Å². The predicted octanol–water partition coefficient (Wildman–Crippen LogP) is 12.6. The first-order chi connectivity index (χ1) is 23.6. The molecule has 0 aliphatic heterocycles. The molecule has 3 aromatic heterocycles. The zero-order valence-electron chi connectivity index (χ0n) is 26.5. The summed E-state index contributed by atoms with van der Waals surface area (Å²) in [6.45, 7) is 4.70. The molecular weight excluding hydrogens is 587 g/mol. The summed E-state index contributed by atoms with van der Waals surface area (Å²) >= 11 is 0. The van der Waals surface area contributed by atoms with Gasteiger partial charge in [-0.05, 0) is 76.3 Å². The Morgan fingerprint density at radius 2 is 1.15 bits per heavy atom. The molecule has 3 heteroatoms. The zero-order chi connectivity index (χ0) is 31.7. The lowest BCUT2D eigenvalue weighted by Gasteiger charge is -2.22. The summed E-state index contributed by atoms with van der Waals surface area (Å²) < 4.78 is 15.5. The quantitative estimate of drug-likeness (QED) is 0.194. The van der Waals surface area contributed by atoms with Crippen molar-refractivity contribution in [2.45, 2.75) is 19.3 Å². The largest absolute Gasteiger partial charge is 0.456 e. The molecule has 0 fully saturated rings. The van der Waals surface area contributed by atoms with Crippen LogP contribution in [0.25, 0.3) is 93.6 Å². The van der Waals surface area contributed by atoms with Crippen LogP contribution in [-0.2, 0) is 5.41 Å². The highest BCUT2D eigenvalue weighted by atomic mass is 16.3. The van der Waals surface area contributed by atoms with Gasteiger partial charge in [-0.25, -0.2) is 0 Å². The Bertz CT molecular complexity index is 2980. The second-order valence-corrected chi connectivity index (χ2v) is 13.7. The zero-order valence-corrected chi connectivity index (χ0v) is 26.5. The van der Waals surface area contributed by atoms with Crippen LogP contribution in [0, 0.1) is 0 Å². The van der Waals surface area contributed by atoms with E-state index in [1.165, 1.54) is 27.6 Å². The maximum atomic E-state index is 6.75. The standard InChI is InChI=1S/C45H29NO2/c1-45(2)36-15-7-3-11-28(36)29-21-20-27(24-37(29)45)46-38-16-8-4-14-32(38)42-43(46)33(25-35-31-13-6-10-18-40(31)48-44(35)42)26-19-22-41-34(23-26)30-12-5-9-17-39(30)47-41/h3-25H,1-2H3. The normalized spacial score (nSPS) is 13.8. The van der Waals surface area contributed by atoms with Crippen LogP contribution < -0.4 is 0 Å². The molecule has 0 saturated carbocycles. The number of nitrogens with zero attached hydrogens (tertiary/aromatic N) is 1. The van der Waals surface area contributed by atoms with Crippen molar-refractivity contribution < 1.29 is 8.83 Å². The van der Waals surface area contributed by atoms with Crippen molar-refractivity contribution >= 4 is 65.7 Å². The third kappa shape index (κ3) is 3.28. The maximum Gasteiger partial charge on any atom is 0.145 e. The number of furan rings is 2. The smallest absolute Gasteiger partial charge is 0.145 e. The average Bonchev–Trinajstić information content (AvgIpc) is 3.85. The highest BCUT2D eigenvalue weighted by Gasteiger charge is 2.35. The second kappa shape index (κ2) is 9.05. The van der Waals surface area contributed by atoms with Gasteiger partial charge in [0.25, 0.3) is 0 Å². The van der Waals surface area contributed by atoms with E-state index in [4.69, 9.17) is 8.83 Å². The Labute approximate surface area is 276 Å². The Balaban J connectivity index is 1.30. The Morgan fingerprint density at radius 1 is 0.479 bits per heavy atom. The van der Waals surface area contributed by atoms with Gasteiger partial charge in [-0.1, -0.05) is 105 Å². The van der Waals surface area contributed by atoms with Gasteiger partial charge in [0.2, 0.25) is 0 Å². The lowest BCUT2D eigenvalue weighted by atomic mass is 9.82. The Kier molecular flexibility index (Phi) is 4.91. The van der Waals surface area contributed by atoms with Crippen molar-refractivity contribution in [1.82, 2.24) is 4.57 Å². The van der Waals surface area contributed by atoms with Crippen molar-refractivity contribution in [1.29, 1.82) is 0 Å². The highest BCUT2D eigenvalue weighted by Crippen LogP contribution is 2.51. The van der Waals surface area contributed by atoms with Gasteiger partial charge >= 0.3 is 0 Å². The lowest BCUT2D eigenvalue weighted by molar-refractivity contribution is 0.660. The van der Waals surface area contributed by atoms with E-state index in [1.54, 1.807) is 0 Å². The molecule has 11 rings (SSSR count). The number of hydrogen-bond donors (Lipinski definition) is 0. The van der Waals surface area contributed by atoms with Gasteiger partial charge in [0.05, 0.1) is 16.4 Å². The molecule has 1 aliphatic rings. The number of rotatable bonds is 2. The number of benzene rings is 7. The third-order valence-electron chi connectivity index (χ3n) is 10.8. The second-order valence-electron chi connectivity index (χ2n) is 13.7. The van der Waals surface area contributed by atoms with E-state index in [1.807, 2.05) is 18.2 Å². The molecule has 0 radical (unpaired) electrons. The van der Waals surface area contributed by atoms with E-state index in [0.29, 0.717) is 0 Å². The summed E-state index contributed by atoms with van der Waals surface area (Å²) in [6.07, 6.45) is 0. The Morgan fingerprint density at radius 3 is 2.00 bits per heavy atom. The molecule has 0 amide bonds. The molecule has 3 heterocycles. The molecule has 3 nitrogen and oxygen atoms in total. The lowest BCUT2D eigenvalue weighted by Crippen LogP contribution is -2.15. The van der Waals surface area contributed by atoms with E-state index >= 15 is 0 Å². The number of fused-ring (bicyclic) bond motifs is 13. The first kappa shape index (κ1) is 26.1. The van der Waals surface area contributed by atoms with Crippen LogP contribution in [-0.4, -0.2) is 4.57 Å². The summed E-state index contributed by atoms with van der Waals surface area (Å²) in [6, 6.07) is 50.3. The van der Waals surface area contributed by atoms with E-state index in [9.17, 15) is 0 Å². The first-order valence-corrected chi connectivity index (χ1v) is 16.6. The highest BCUT2D eigenvalue weighted by molar-refractivity contribution is 6.27. The number of para-hydroxylation sites is 3. The van der Waals surface area contributed by atoms with Gasteiger partial charge < -0.3 is 13.4 Å². The molecular formula is C45H29NO2. The van der Waals surface area contributed by atoms with Gasteiger partial charge in [0.1, 0.15) is 22.3 Å². The summed E-state index contributed by atoms with van der Waals surface area (Å²) in [5.74, 6) is 0. The van der Waals surface area contributed by atoms with Crippen molar-refractivity contribution in [3.8, 4) is 27.9 Å². The monoisotopic (exact) mass is 615 g/mol. The van der Waals surface area contributed by atoms with Crippen LogP contribution in [0.4, 0.5) is 0 Å². The fraction of sp³-hybridized carbons (Fsp3) is 0.0667. The van der Waals surface area contributed by atoms with Gasteiger partial charge in [0, 0.05) is 43.6 Å². The van der Waals surface area contributed by atoms with Crippen molar-refractivity contribution in [2.75, 3.05) is 0 Å². The molecule has 0 saturated heterocycles. The molecule has 1 aliphatic carbocycles. The molecule has 0 spiro atoms. The maximum absolute atomic E-state index is 6.75. The minimum absolute atomic E-state index is 0.108. The van der Waals surface area contributed by atoms with E-state index in [-0.39, 0.29) is 5.41 Å². The van der Waals surface area contributed by atoms with Crippen molar-refractivity contribution in [3.05, 3.63) is 151 Å². The summed E-state index contributed by atoms with van der Waals surface area (Å²) in [4.78, 5) is 0. The van der Waals surface area contributed by atoms with E-state index in [2.05, 4.69) is 140 Å². The molecule has 10 aromatic rings. The summed E-state index contributed by atoms with van der Waals surface area (Å²) in [5, 5.41) is 6.80. The molecule has 0 atom stereocenters. The van der Waals surface area contributed by atoms with Crippen molar-refractivity contribution in [2.24, 2.45) is 0 Å². The minimum atomic E-state index is -0.108. The predicted molar refractivity (Wildman–Crippen MR) is 198 cm³/mol. The molecule has 0 unspecified atom stereocenters. The van der Waals surface area contributed by atoms with Crippen LogP contribution in [0.1, 0.15) is 25.0 Å². The fourth-order valence-electron chi connectivity index (χ4n) is 8.55. The molecule has 7 aromatic carbocycles. The summed E-state index contributed by atoms with van der Waals surface area (Å²) in [7, 11) is 0. The first-order valence-electron chi connectivity index (χ1n) is 16.6. The van der Waals surface area contributed by atoms with Gasteiger partial charge in [0.15, 0.2) is 0 Å². The van der Waals surface area contributed by atoms with Gasteiger partial charge in [-0.15, -0.1) is 0 Å². The Hall–Kier alpha value is -6.06. The van der Waals surface area contributed by atoms with Gasteiger partial charge in [-0.2, -0.15) is 0 Å². The molecule has 0 bridgehead atoms. The van der Waals surface area contributed by atoms with Crippen LogP contribution in [0.3, 0.4) is 0 Å². The van der Waals surface area contributed by atoms with Crippen LogP contribution in [0.5, 0.6) is 0 Å². The molecule has 48 heavy (non-hydrogen) atoms. The SMILES string of the molecule is CC1(C)c2ccccc2-c2ccc(-n3c4ccccc4c4c5oc6ccccc6c5cc(-c5ccc6oc7ccccc7c6c5)c43)cc21. The minimum Gasteiger partial charge on any atom is -0.456 e. The van der Waals surface area contributed by atoms with Gasteiger partial charge in [-0.3, -0.25) is 0 Å². The van der Waals surface area contributed by atoms with E-state index in [0.717, 1.165) is 77.1 Å². The molecule has 226 valence electrons. The molecule has 0 N–H and O–H groups in total. The van der Waals surface area contributed by atoms with Crippen LogP contribution >= 0.6 is 0 Å². The van der Waals surface area contributed by atoms with Crippen LogP contribution in [0.2, 0.25) is 0 Å². The number of aromatic nitrogens is 1. The van der Waals surface area contributed by atoms with Crippen molar-refractivity contribution in [3.63, 3.8) is 0 Å². The van der Waals surface area contributed by atoms with E-state index < -0.39 is 0 Å². The number of hydrogen-bond acceptors (Lipinski definition) is 2. The third-order valence-corrected chi connectivity index (χ3v) is 10.8. The summed E-state index contributed by atoms with van der Waals surface area (Å²) in [5.41, 5.74) is 14.6. The fourth-order valence-corrected chi connectivity index (χ4v) is 8.55. The average molecular weight is 616 g/mol. The topological polar surface area (TPSA) is 31.2 Å².